The highest BCUT2D eigenvalue weighted by Crippen LogP contribution is 2.47. The monoisotopic (exact) mass is 422 g/mol. The second-order valence-electron chi connectivity index (χ2n) is 8.15. The van der Waals surface area contributed by atoms with Crippen LogP contribution in [0.2, 0.25) is 21.6 Å². The van der Waals surface area contributed by atoms with Crippen molar-refractivity contribution < 1.29 is 9.22 Å². The van der Waals surface area contributed by atoms with Crippen LogP contribution in [-0.4, -0.2) is 14.6 Å². The lowest BCUT2D eigenvalue weighted by atomic mass is 10.0. The minimum absolute atomic E-state index is 0.201. The Morgan fingerprint density at radius 1 is 1.04 bits per heavy atom. The van der Waals surface area contributed by atoms with E-state index in [9.17, 15) is 4.79 Å². The van der Waals surface area contributed by atoms with Crippen LogP contribution in [0.25, 0.3) is 0 Å². The van der Waals surface area contributed by atoms with Crippen LogP contribution < -0.4 is 0 Å². The lowest BCUT2D eigenvalue weighted by Crippen LogP contribution is -2.48. The molecule has 5 heteroatoms. The molecule has 0 saturated carbocycles. The molecule has 0 bridgehead atoms. The third-order valence-corrected chi connectivity index (χ3v) is 12.8. The standard InChI is InChI=1S/C22H31ClO2SSi/c1-14(2)27(15(3)4,16(5)6)25-22(18-9-8-10-19(23)11-18)21-12-20(13-24)26-17(21)7/h8-16,22H,1-7H3. The normalized spacial score (nSPS) is 13.6. The minimum atomic E-state index is -2.12. The van der Waals surface area contributed by atoms with Gasteiger partial charge in [0, 0.05) is 9.90 Å². The Balaban J connectivity index is 2.65. The van der Waals surface area contributed by atoms with Crippen LogP contribution >= 0.6 is 22.9 Å². The number of aldehydes is 1. The molecule has 1 aromatic carbocycles. The van der Waals surface area contributed by atoms with Crippen LogP contribution in [0.4, 0.5) is 0 Å². The average Bonchev–Trinajstić information content (AvgIpc) is 2.95. The number of benzene rings is 1. The zero-order valence-corrected chi connectivity index (χ0v) is 19.9. The molecule has 0 aliphatic rings. The van der Waals surface area contributed by atoms with Gasteiger partial charge in [0.25, 0.3) is 0 Å². The maximum absolute atomic E-state index is 11.4. The number of carbonyl (C=O) groups excluding carboxylic acids is 1. The van der Waals surface area contributed by atoms with Crippen molar-refractivity contribution in [3.63, 3.8) is 0 Å². The Morgan fingerprint density at radius 3 is 2.07 bits per heavy atom. The van der Waals surface area contributed by atoms with Crippen molar-refractivity contribution in [1.82, 2.24) is 0 Å². The Hall–Kier alpha value is -0.943. The molecule has 1 aromatic heterocycles. The largest absolute Gasteiger partial charge is 0.405 e. The average molecular weight is 423 g/mol. The van der Waals surface area contributed by atoms with E-state index in [2.05, 4.69) is 54.5 Å². The van der Waals surface area contributed by atoms with Crippen molar-refractivity contribution in [3.8, 4) is 0 Å². The summed E-state index contributed by atoms with van der Waals surface area (Å²) in [5, 5.41) is 0.704. The lowest BCUT2D eigenvalue weighted by molar-refractivity contribution is 0.112. The zero-order chi connectivity index (χ0) is 20.4. The molecule has 2 aromatic rings. The highest BCUT2D eigenvalue weighted by molar-refractivity contribution is 7.13. The van der Waals surface area contributed by atoms with Gasteiger partial charge in [-0.1, -0.05) is 65.3 Å². The van der Waals surface area contributed by atoms with Gasteiger partial charge >= 0.3 is 0 Å². The third kappa shape index (κ3) is 4.56. The summed E-state index contributed by atoms with van der Waals surface area (Å²) in [6, 6.07) is 9.91. The van der Waals surface area contributed by atoms with Crippen LogP contribution in [0.3, 0.4) is 0 Å². The molecule has 27 heavy (non-hydrogen) atoms. The summed E-state index contributed by atoms with van der Waals surface area (Å²) in [5.41, 5.74) is 3.57. The number of carbonyl (C=O) groups is 1. The first-order valence-electron chi connectivity index (χ1n) is 9.62. The summed E-state index contributed by atoms with van der Waals surface area (Å²) in [6.45, 7) is 15.8. The maximum Gasteiger partial charge on any atom is 0.201 e. The van der Waals surface area contributed by atoms with Gasteiger partial charge in [0.05, 0.1) is 11.0 Å². The summed E-state index contributed by atoms with van der Waals surface area (Å²) in [7, 11) is -2.12. The Morgan fingerprint density at radius 2 is 1.63 bits per heavy atom. The van der Waals surface area contributed by atoms with Gasteiger partial charge in [0.1, 0.15) is 0 Å². The van der Waals surface area contributed by atoms with E-state index in [1.54, 1.807) is 0 Å². The van der Waals surface area contributed by atoms with E-state index in [1.165, 1.54) is 11.3 Å². The minimum Gasteiger partial charge on any atom is -0.405 e. The molecule has 0 fully saturated rings. The molecule has 1 atom stereocenters. The van der Waals surface area contributed by atoms with E-state index in [0.29, 0.717) is 21.6 Å². The number of rotatable bonds is 8. The molecule has 0 aliphatic heterocycles. The van der Waals surface area contributed by atoms with Crippen LogP contribution in [0.15, 0.2) is 30.3 Å². The quantitative estimate of drug-likeness (QED) is 0.320. The first-order valence-corrected chi connectivity index (χ1v) is 13.0. The van der Waals surface area contributed by atoms with Gasteiger partial charge in [-0.25, -0.2) is 0 Å². The smallest absolute Gasteiger partial charge is 0.201 e. The summed E-state index contributed by atoms with van der Waals surface area (Å²) in [5.74, 6) is 0. The van der Waals surface area contributed by atoms with Crippen molar-refractivity contribution in [2.24, 2.45) is 0 Å². The Kier molecular flexibility index (Phi) is 7.48. The SMILES string of the molecule is Cc1sc(C=O)cc1C(O[Si](C(C)C)(C(C)C)C(C)C)c1cccc(Cl)c1. The van der Waals surface area contributed by atoms with Gasteiger partial charge < -0.3 is 4.43 Å². The number of thiophene rings is 1. The van der Waals surface area contributed by atoms with Crippen LogP contribution in [-0.2, 0) is 4.43 Å². The van der Waals surface area contributed by atoms with Gasteiger partial charge in [0.15, 0.2) is 6.29 Å². The molecule has 0 spiro atoms. The molecule has 2 rings (SSSR count). The predicted octanol–water partition coefficient (Wildman–Crippen LogP) is 7.80. The van der Waals surface area contributed by atoms with E-state index >= 15 is 0 Å². The molecular weight excluding hydrogens is 392 g/mol. The first-order chi connectivity index (χ1) is 12.6. The highest BCUT2D eigenvalue weighted by Gasteiger charge is 2.47. The van der Waals surface area contributed by atoms with E-state index in [0.717, 1.165) is 27.2 Å². The van der Waals surface area contributed by atoms with Gasteiger partial charge in [-0.05, 0) is 52.9 Å². The summed E-state index contributed by atoms with van der Waals surface area (Å²) in [6.07, 6.45) is 0.723. The topological polar surface area (TPSA) is 26.3 Å². The molecule has 0 aliphatic carbocycles. The number of halogens is 1. The Bertz CT molecular complexity index is 761. The molecule has 148 valence electrons. The molecule has 0 N–H and O–H groups in total. The van der Waals surface area contributed by atoms with E-state index in [1.807, 2.05) is 24.3 Å². The van der Waals surface area contributed by atoms with Gasteiger partial charge in [-0.2, -0.15) is 0 Å². The summed E-state index contributed by atoms with van der Waals surface area (Å²) in [4.78, 5) is 13.2. The van der Waals surface area contributed by atoms with E-state index < -0.39 is 8.32 Å². The van der Waals surface area contributed by atoms with Crippen molar-refractivity contribution in [1.29, 1.82) is 0 Å². The van der Waals surface area contributed by atoms with Gasteiger partial charge in [-0.15, -0.1) is 11.3 Å². The van der Waals surface area contributed by atoms with Crippen LogP contribution in [0.5, 0.6) is 0 Å². The molecule has 0 saturated heterocycles. The zero-order valence-electron chi connectivity index (χ0n) is 17.4. The number of hydrogen-bond acceptors (Lipinski definition) is 3. The van der Waals surface area contributed by atoms with E-state index in [4.69, 9.17) is 16.0 Å². The first kappa shape index (κ1) is 22.3. The summed E-state index contributed by atoms with van der Waals surface area (Å²) >= 11 is 7.84. The molecule has 0 radical (unpaired) electrons. The molecule has 2 nitrogen and oxygen atoms in total. The van der Waals surface area contributed by atoms with Crippen LogP contribution in [0.1, 0.15) is 73.3 Å². The van der Waals surface area contributed by atoms with Gasteiger partial charge in [-0.3, -0.25) is 4.79 Å². The van der Waals surface area contributed by atoms with Crippen molar-refractivity contribution in [2.75, 3.05) is 0 Å². The fourth-order valence-corrected chi connectivity index (χ4v) is 11.0. The fourth-order valence-electron chi connectivity index (χ4n) is 4.43. The number of aryl methyl sites for hydroxylation is 1. The molecule has 1 heterocycles. The number of hydrogen-bond donors (Lipinski definition) is 0. The van der Waals surface area contributed by atoms with Crippen molar-refractivity contribution >= 4 is 37.5 Å². The second-order valence-corrected chi connectivity index (χ2v) is 15.3. The molecule has 1 unspecified atom stereocenters. The third-order valence-electron chi connectivity index (χ3n) is 5.55. The van der Waals surface area contributed by atoms with Crippen molar-refractivity contribution in [3.05, 3.63) is 56.2 Å². The summed E-state index contributed by atoms with van der Waals surface area (Å²) < 4.78 is 7.16. The maximum atomic E-state index is 11.4. The van der Waals surface area contributed by atoms with Gasteiger partial charge in [0.2, 0.25) is 8.32 Å². The lowest BCUT2D eigenvalue weighted by Gasteiger charge is -2.45. The Labute approximate surface area is 174 Å². The van der Waals surface area contributed by atoms with Crippen molar-refractivity contribution in [2.45, 2.75) is 71.2 Å². The predicted molar refractivity (Wildman–Crippen MR) is 120 cm³/mol. The molecule has 0 amide bonds. The van der Waals surface area contributed by atoms with E-state index in [-0.39, 0.29) is 6.10 Å². The fraction of sp³-hybridized carbons (Fsp3) is 0.500. The second kappa shape index (κ2) is 9.04. The highest BCUT2D eigenvalue weighted by atomic mass is 35.5. The van der Waals surface area contributed by atoms with Crippen LogP contribution in [0, 0.1) is 6.92 Å². The molecular formula is C22H31ClO2SSi.